The summed E-state index contributed by atoms with van der Waals surface area (Å²) in [6.07, 6.45) is 1.56. The van der Waals surface area contributed by atoms with Gasteiger partial charge >= 0.3 is 5.97 Å². The van der Waals surface area contributed by atoms with E-state index in [0.29, 0.717) is 11.3 Å². The van der Waals surface area contributed by atoms with E-state index >= 15 is 0 Å². The Balaban J connectivity index is 1.57. The van der Waals surface area contributed by atoms with Gasteiger partial charge in [0.15, 0.2) is 12.4 Å². The third-order valence-corrected chi connectivity index (χ3v) is 4.59. The molecule has 1 heterocycles. The predicted molar refractivity (Wildman–Crippen MR) is 105 cm³/mol. The summed E-state index contributed by atoms with van der Waals surface area (Å²) < 4.78 is 10.7. The number of aryl methyl sites for hydroxylation is 2. The molecule has 0 spiro atoms. The van der Waals surface area contributed by atoms with E-state index in [1.54, 1.807) is 30.5 Å². The molecule has 1 amide bonds. The molecule has 2 aromatic carbocycles. The van der Waals surface area contributed by atoms with Crippen LogP contribution in [0, 0.1) is 13.8 Å². The zero-order valence-corrected chi connectivity index (χ0v) is 16.0. The maximum absolute atomic E-state index is 12.1. The lowest BCUT2D eigenvalue weighted by Crippen LogP contribution is -2.21. The van der Waals surface area contributed by atoms with E-state index in [4.69, 9.17) is 9.15 Å². The average Bonchev–Trinajstić information content (AvgIpc) is 3.06. The number of carbonyl (C=O) groups excluding carboxylic acids is 3. The van der Waals surface area contributed by atoms with E-state index in [-0.39, 0.29) is 12.2 Å². The normalized spacial score (nSPS) is 10.7. The van der Waals surface area contributed by atoms with E-state index in [9.17, 15) is 14.4 Å². The van der Waals surface area contributed by atoms with Gasteiger partial charge in [0, 0.05) is 22.2 Å². The Morgan fingerprint density at radius 3 is 2.64 bits per heavy atom. The Morgan fingerprint density at radius 1 is 1.11 bits per heavy atom. The van der Waals surface area contributed by atoms with Crippen LogP contribution in [-0.4, -0.2) is 24.3 Å². The third-order valence-electron chi connectivity index (χ3n) is 4.59. The summed E-state index contributed by atoms with van der Waals surface area (Å²) in [6.45, 7) is 5.01. The number of ketones is 1. The van der Waals surface area contributed by atoms with Crippen molar-refractivity contribution in [3.8, 4) is 0 Å². The lowest BCUT2D eigenvalue weighted by molar-refractivity contribution is -0.146. The van der Waals surface area contributed by atoms with Gasteiger partial charge in [-0.3, -0.25) is 14.4 Å². The molecule has 0 fully saturated rings. The van der Waals surface area contributed by atoms with Crippen molar-refractivity contribution in [3.63, 3.8) is 0 Å². The molecule has 0 aliphatic heterocycles. The van der Waals surface area contributed by atoms with Crippen LogP contribution in [0.15, 0.2) is 47.1 Å². The van der Waals surface area contributed by atoms with E-state index in [2.05, 4.69) is 5.32 Å². The number of fused-ring (bicyclic) bond motifs is 1. The number of esters is 1. The molecule has 1 aromatic heterocycles. The van der Waals surface area contributed by atoms with Crippen molar-refractivity contribution in [3.05, 3.63) is 64.9 Å². The summed E-state index contributed by atoms with van der Waals surface area (Å²) in [5, 5.41) is 3.47. The minimum absolute atomic E-state index is 0.0165. The molecule has 144 valence electrons. The molecule has 28 heavy (non-hydrogen) atoms. The van der Waals surface area contributed by atoms with E-state index in [0.717, 1.165) is 27.7 Å². The molecular weight excluding hydrogens is 358 g/mol. The molecule has 1 N–H and O–H groups in total. The molecular formula is C22H21NO5. The maximum atomic E-state index is 12.1. The maximum Gasteiger partial charge on any atom is 0.310 e. The third kappa shape index (κ3) is 4.28. The molecule has 0 radical (unpaired) electrons. The van der Waals surface area contributed by atoms with E-state index < -0.39 is 18.5 Å². The van der Waals surface area contributed by atoms with Crippen molar-refractivity contribution < 1.29 is 23.5 Å². The van der Waals surface area contributed by atoms with Crippen LogP contribution in [0.4, 0.5) is 5.69 Å². The van der Waals surface area contributed by atoms with Crippen LogP contribution in [-0.2, 0) is 20.7 Å². The Morgan fingerprint density at radius 2 is 1.89 bits per heavy atom. The first kappa shape index (κ1) is 19.4. The number of anilines is 1. The fourth-order valence-electron chi connectivity index (χ4n) is 2.89. The molecule has 0 aliphatic carbocycles. The van der Waals surface area contributed by atoms with Crippen LogP contribution in [0.3, 0.4) is 0 Å². The van der Waals surface area contributed by atoms with Gasteiger partial charge in [0.05, 0.1) is 12.7 Å². The second-order valence-electron chi connectivity index (χ2n) is 6.67. The van der Waals surface area contributed by atoms with E-state index in [1.165, 1.54) is 6.92 Å². The molecule has 0 bridgehead atoms. The Hall–Kier alpha value is -3.41. The van der Waals surface area contributed by atoms with Gasteiger partial charge in [-0.15, -0.1) is 0 Å². The summed E-state index contributed by atoms with van der Waals surface area (Å²) in [4.78, 5) is 35.5. The lowest BCUT2D eigenvalue weighted by Gasteiger charge is -2.07. The van der Waals surface area contributed by atoms with Crippen molar-refractivity contribution in [2.45, 2.75) is 27.2 Å². The highest BCUT2D eigenvalue weighted by molar-refractivity contribution is 5.97. The van der Waals surface area contributed by atoms with Crippen LogP contribution in [0.5, 0.6) is 0 Å². The molecule has 3 rings (SSSR count). The zero-order chi connectivity index (χ0) is 20.3. The minimum atomic E-state index is -0.520. The number of ether oxygens (including phenoxy) is 1. The molecule has 6 heteroatoms. The zero-order valence-electron chi connectivity index (χ0n) is 16.0. The first-order valence-corrected chi connectivity index (χ1v) is 8.88. The van der Waals surface area contributed by atoms with Gasteiger partial charge in [-0.05, 0) is 44.0 Å². The smallest absolute Gasteiger partial charge is 0.310 e. The van der Waals surface area contributed by atoms with Crippen LogP contribution < -0.4 is 5.32 Å². The fraction of sp³-hybridized carbons (Fsp3) is 0.227. The predicted octanol–water partition coefficient (Wildman–Crippen LogP) is 3.98. The van der Waals surface area contributed by atoms with Gasteiger partial charge < -0.3 is 14.5 Å². The van der Waals surface area contributed by atoms with E-state index in [1.807, 2.05) is 26.0 Å². The van der Waals surface area contributed by atoms with Crippen molar-refractivity contribution in [2.75, 3.05) is 11.9 Å². The first-order valence-electron chi connectivity index (χ1n) is 8.88. The lowest BCUT2D eigenvalue weighted by atomic mass is 10.0. The Bertz CT molecular complexity index is 1060. The topological polar surface area (TPSA) is 85.6 Å². The largest absolute Gasteiger partial charge is 0.464 e. The first-order chi connectivity index (χ1) is 13.3. The van der Waals surface area contributed by atoms with Crippen LogP contribution >= 0.6 is 0 Å². The Kier molecular flexibility index (Phi) is 5.59. The highest BCUT2D eigenvalue weighted by Gasteiger charge is 2.15. The van der Waals surface area contributed by atoms with Gasteiger partial charge in [0.2, 0.25) is 0 Å². The van der Waals surface area contributed by atoms with Gasteiger partial charge in [-0.25, -0.2) is 0 Å². The number of nitrogens with one attached hydrogen (secondary N) is 1. The van der Waals surface area contributed by atoms with Crippen LogP contribution in [0.25, 0.3) is 11.0 Å². The molecule has 0 unspecified atom stereocenters. The second kappa shape index (κ2) is 8.08. The molecule has 0 aliphatic rings. The van der Waals surface area contributed by atoms with Crippen molar-refractivity contribution in [2.24, 2.45) is 0 Å². The number of benzene rings is 2. The number of hydrogen-bond acceptors (Lipinski definition) is 5. The van der Waals surface area contributed by atoms with Gasteiger partial charge in [-0.2, -0.15) is 0 Å². The standard InChI is InChI=1S/C22H21NO5/c1-13-7-8-19-17(11-28-22(19)14(13)2)10-21(26)27-12-20(25)23-18-6-4-5-16(9-18)15(3)24/h4-9,11H,10,12H2,1-3H3,(H,23,25). The summed E-state index contributed by atoms with van der Waals surface area (Å²) in [5.41, 5.74) is 4.59. The number of hydrogen-bond donors (Lipinski definition) is 1. The number of carbonyl (C=O) groups is 3. The molecule has 3 aromatic rings. The monoisotopic (exact) mass is 379 g/mol. The highest BCUT2D eigenvalue weighted by atomic mass is 16.5. The SMILES string of the molecule is CC(=O)c1cccc(NC(=O)COC(=O)Cc2coc3c(C)c(C)ccc23)c1. The van der Waals surface area contributed by atoms with Gasteiger partial charge in [0.1, 0.15) is 5.58 Å². The molecule has 0 saturated heterocycles. The molecule has 0 atom stereocenters. The van der Waals surface area contributed by atoms with Crippen molar-refractivity contribution in [1.82, 2.24) is 0 Å². The van der Waals surface area contributed by atoms with Gasteiger partial charge in [-0.1, -0.05) is 24.3 Å². The quantitative estimate of drug-likeness (QED) is 0.517. The summed E-state index contributed by atoms with van der Waals surface area (Å²) in [6, 6.07) is 10.5. The number of amides is 1. The van der Waals surface area contributed by atoms with Crippen LogP contribution in [0.2, 0.25) is 0 Å². The Labute approximate surface area is 162 Å². The number of rotatable bonds is 6. The molecule has 6 nitrogen and oxygen atoms in total. The van der Waals surface area contributed by atoms with Crippen molar-refractivity contribution in [1.29, 1.82) is 0 Å². The summed E-state index contributed by atoms with van der Waals surface area (Å²) >= 11 is 0. The van der Waals surface area contributed by atoms with Crippen LogP contribution in [0.1, 0.15) is 34.0 Å². The average molecular weight is 379 g/mol. The van der Waals surface area contributed by atoms with Gasteiger partial charge in [0.25, 0.3) is 5.91 Å². The second-order valence-corrected chi connectivity index (χ2v) is 6.67. The fourth-order valence-corrected chi connectivity index (χ4v) is 2.89. The number of furan rings is 1. The highest BCUT2D eigenvalue weighted by Crippen LogP contribution is 2.26. The minimum Gasteiger partial charge on any atom is -0.464 e. The summed E-state index contributed by atoms with van der Waals surface area (Å²) in [7, 11) is 0. The number of Topliss-reactive ketones (excluding diaryl/α,β-unsaturated/α-hetero) is 1. The molecule has 0 saturated carbocycles. The van der Waals surface area contributed by atoms with Crippen molar-refractivity contribution >= 4 is 34.3 Å². The summed E-state index contributed by atoms with van der Waals surface area (Å²) in [5.74, 6) is -1.09.